The van der Waals surface area contributed by atoms with Gasteiger partial charge < -0.3 is 9.64 Å². The maximum atomic E-state index is 13.9. The second kappa shape index (κ2) is 9.07. The topological polar surface area (TPSA) is 64.4 Å². The Labute approximate surface area is 178 Å². The molecule has 1 aliphatic rings. The Bertz CT molecular complexity index is 1060. The molecule has 0 bridgehead atoms. The normalized spacial score (nSPS) is 14.5. The van der Waals surface area contributed by atoms with Gasteiger partial charge >= 0.3 is 5.97 Å². The molecule has 0 radical (unpaired) electrons. The number of carbonyl (C=O) groups is 2. The molecule has 0 unspecified atom stereocenters. The number of esters is 1. The molecule has 0 atom stereocenters. The molecule has 4 rings (SSSR count). The van der Waals surface area contributed by atoms with Crippen LogP contribution in [0.25, 0.3) is 5.69 Å². The first-order valence-corrected chi connectivity index (χ1v) is 10.0. The highest BCUT2D eigenvalue weighted by Crippen LogP contribution is 2.22. The summed E-state index contributed by atoms with van der Waals surface area (Å²) in [6, 6.07) is 12.3. The molecular formula is C23H21F2N3O3. The van der Waals surface area contributed by atoms with E-state index in [0.29, 0.717) is 32.0 Å². The van der Waals surface area contributed by atoms with Crippen LogP contribution in [-0.4, -0.2) is 39.6 Å². The van der Waals surface area contributed by atoms with Crippen molar-refractivity contribution in [1.29, 1.82) is 0 Å². The molecule has 160 valence electrons. The number of rotatable bonds is 5. The highest BCUT2D eigenvalue weighted by Gasteiger charge is 2.29. The Morgan fingerprint density at radius 1 is 1.06 bits per heavy atom. The van der Waals surface area contributed by atoms with E-state index in [1.54, 1.807) is 10.9 Å². The van der Waals surface area contributed by atoms with E-state index in [-0.39, 0.29) is 24.1 Å². The van der Waals surface area contributed by atoms with Gasteiger partial charge in [-0.25, -0.2) is 13.5 Å². The maximum absolute atomic E-state index is 13.9. The number of aromatic nitrogens is 2. The fraction of sp³-hybridized carbons (Fsp3) is 0.261. The quantitative estimate of drug-likeness (QED) is 0.584. The zero-order valence-corrected chi connectivity index (χ0v) is 16.7. The predicted octanol–water partition coefficient (Wildman–Crippen LogP) is 3.75. The average molecular weight is 425 g/mol. The summed E-state index contributed by atoms with van der Waals surface area (Å²) in [7, 11) is 0. The lowest BCUT2D eigenvalue weighted by molar-refractivity contribution is -0.151. The van der Waals surface area contributed by atoms with Crippen molar-refractivity contribution in [3.05, 3.63) is 83.7 Å². The summed E-state index contributed by atoms with van der Waals surface area (Å²) in [6.45, 7) is 0.792. The lowest BCUT2D eigenvalue weighted by Crippen LogP contribution is -2.41. The van der Waals surface area contributed by atoms with Crippen molar-refractivity contribution in [2.24, 2.45) is 5.92 Å². The molecule has 0 saturated carbocycles. The minimum absolute atomic E-state index is 0.165. The smallest absolute Gasteiger partial charge is 0.309 e. The molecule has 3 aromatic rings. The first-order chi connectivity index (χ1) is 15.0. The number of hydrogen-bond donors (Lipinski definition) is 0. The van der Waals surface area contributed by atoms with Gasteiger partial charge in [0.15, 0.2) is 0 Å². The van der Waals surface area contributed by atoms with Crippen LogP contribution in [0.1, 0.15) is 28.8 Å². The second-order valence-corrected chi connectivity index (χ2v) is 7.42. The number of halogens is 2. The Morgan fingerprint density at radius 3 is 2.45 bits per heavy atom. The number of likely N-dealkylation sites (tertiary alicyclic amines) is 1. The van der Waals surface area contributed by atoms with E-state index in [4.69, 9.17) is 4.74 Å². The fourth-order valence-electron chi connectivity index (χ4n) is 3.59. The van der Waals surface area contributed by atoms with Gasteiger partial charge in [-0.05, 0) is 48.7 Å². The Kier molecular flexibility index (Phi) is 6.06. The van der Waals surface area contributed by atoms with E-state index in [1.165, 1.54) is 4.90 Å². The van der Waals surface area contributed by atoms with Crippen molar-refractivity contribution in [3.63, 3.8) is 0 Å². The number of amides is 1. The van der Waals surface area contributed by atoms with Crippen LogP contribution < -0.4 is 0 Å². The Balaban J connectivity index is 1.27. The van der Waals surface area contributed by atoms with E-state index < -0.39 is 17.5 Å². The lowest BCUT2D eigenvalue weighted by atomic mass is 9.96. The first kappa shape index (κ1) is 20.7. The number of ether oxygens (including phenoxy) is 1. The van der Waals surface area contributed by atoms with Crippen LogP contribution in [0.3, 0.4) is 0 Å². The monoisotopic (exact) mass is 425 g/mol. The molecule has 1 saturated heterocycles. The molecule has 1 aromatic heterocycles. The highest BCUT2D eigenvalue weighted by molar-refractivity contribution is 5.94. The summed E-state index contributed by atoms with van der Waals surface area (Å²) in [6.07, 6.45) is 4.42. The molecule has 1 aliphatic heterocycles. The van der Waals surface area contributed by atoms with Crippen molar-refractivity contribution >= 4 is 11.9 Å². The van der Waals surface area contributed by atoms with Crippen LogP contribution in [-0.2, 0) is 16.1 Å². The summed E-state index contributed by atoms with van der Waals surface area (Å²) in [4.78, 5) is 26.4. The van der Waals surface area contributed by atoms with Crippen LogP contribution >= 0.6 is 0 Å². The third kappa shape index (κ3) is 4.79. The van der Waals surface area contributed by atoms with E-state index in [2.05, 4.69) is 5.10 Å². The van der Waals surface area contributed by atoms with Crippen molar-refractivity contribution in [2.45, 2.75) is 19.4 Å². The van der Waals surface area contributed by atoms with E-state index in [0.717, 1.165) is 23.4 Å². The van der Waals surface area contributed by atoms with Gasteiger partial charge in [-0.2, -0.15) is 5.10 Å². The zero-order valence-electron chi connectivity index (χ0n) is 16.7. The van der Waals surface area contributed by atoms with E-state index >= 15 is 0 Å². The molecule has 2 aromatic carbocycles. The fourth-order valence-corrected chi connectivity index (χ4v) is 3.59. The molecule has 1 fully saturated rings. The minimum atomic E-state index is -0.884. The number of nitrogens with zero attached hydrogens (tertiary/aromatic N) is 3. The van der Waals surface area contributed by atoms with Gasteiger partial charge in [0.05, 0.1) is 17.2 Å². The number of benzene rings is 2. The summed E-state index contributed by atoms with van der Waals surface area (Å²) in [5, 5.41) is 4.16. The molecule has 0 N–H and O–H groups in total. The van der Waals surface area contributed by atoms with Crippen molar-refractivity contribution in [3.8, 4) is 5.69 Å². The van der Waals surface area contributed by atoms with Gasteiger partial charge in [-0.15, -0.1) is 0 Å². The summed E-state index contributed by atoms with van der Waals surface area (Å²) >= 11 is 0. The molecule has 1 amide bonds. The predicted molar refractivity (Wildman–Crippen MR) is 108 cm³/mol. The summed E-state index contributed by atoms with van der Waals surface area (Å²) in [5.74, 6) is -2.74. The largest absolute Gasteiger partial charge is 0.461 e. The standard InChI is InChI=1S/C23H21F2N3O3/c24-18-4-7-20(21(25)14-18)22(29)27-12-8-17(9-13-27)23(30)31-15-16-2-5-19(6-3-16)28-11-1-10-26-28/h1-7,10-11,14,17H,8-9,12-13,15H2. The average Bonchev–Trinajstić information content (AvgIpc) is 3.32. The molecular weight excluding hydrogens is 404 g/mol. The molecule has 6 nitrogen and oxygen atoms in total. The summed E-state index contributed by atoms with van der Waals surface area (Å²) < 4.78 is 34.1. The summed E-state index contributed by atoms with van der Waals surface area (Å²) in [5.41, 5.74) is 1.61. The van der Waals surface area contributed by atoms with Gasteiger partial charge in [0.25, 0.3) is 5.91 Å². The first-order valence-electron chi connectivity index (χ1n) is 10.0. The van der Waals surface area contributed by atoms with Crippen LogP contribution in [0.5, 0.6) is 0 Å². The molecule has 0 spiro atoms. The lowest BCUT2D eigenvalue weighted by Gasteiger charge is -2.31. The van der Waals surface area contributed by atoms with Crippen LogP contribution in [0.2, 0.25) is 0 Å². The Morgan fingerprint density at radius 2 is 1.81 bits per heavy atom. The van der Waals surface area contributed by atoms with Gasteiger partial charge in [0, 0.05) is 31.5 Å². The van der Waals surface area contributed by atoms with Gasteiger partial charge in [0.2, 0.25) is 0 Å². The number of carbonyl (C=O) groups excluding carboxylic acids is 2. The van der Waals surface area contributed by atoms with Crippen LogP contribution in [0.15, 0.2) is 60.9 Å². The Hall–Kier alpha value is -3.55. The van der Waals surface area contributed by atoms with Crippen LogP contribution in [0, 0.1) is 17.6 Å². The van der Waals surface area contributed by atoms with Crippen molar-refractivity contribution in [1.82, 2.24) is 14.7 Å². The zero-order chi connectivity index (χ0) is 21.8. The number of piperidine rings is 1. The van der Waals surface area contributed by atoms with Gasteiger partial charge in [-0.1, -0.05) is 12.1 Å². The van der Waals surface area contributed by atoms with Gasteiger partial charge in [0.1, 0.15) is 18.2 Å². The van der Waals surface area contributed by atoms with Crippen molar-refractivity contribution < 1.29 is 23.1 Å². The SMILES string of the molecule is O=C(OCc1ccc(-n2cccn2)cc1)C1CCN(C(=O)c2ccc(F)cc2F)CC1. The molecule has 0 aliphatic carbocycles. The van der Waals surface area contributed by atoms with E-state index in [1.807, 2.05) is 36.5 Å². The molecule has 31 heavy (non-hydrogen) atoms. The third-order valence-electron chi connectivity index (χ3n) is 5.36. The third-order valence-corrected chi connectivity index (χ3v) is 5.36. The molecule has 8 heteroatoms. The van der Waals surface area contributed by atoms with Crippen molar-refractivity contribution in [2.75, 3.05) is 13.1 Å². The van der Waals surface area contributed by atoms with Gasteiger partial charge in [-0.3, -0.25) is 9.59 Å². The number of hydrogen-bond acceptors (Lipinski definition) is 4. The van der Waals surface area contributed by atoms with Crippen LogP contribution in [0.4, 0.5) is 8.78 Å². The highest BCUT2D eigenvalue weighted by atomic mass is 19.1. The second-order valence-electron chi connectivity index (χ2n) is 7.42. The minimum Gasteiger partial charge on any atom is -0.461 e. The maximum Gasteiger partial charge on any atom is 0.309 e. The molecule has 2 heterocycles. The van der Waals surface area contributed by atoms with E-state index in [9.17, 15) is 18.4 Å².